The van der Waals surface area contributed by atoms with E-state index in [4.69, 9.17) is 15.6 Å². The number of fused-ring (bicyclic) bond motifs is 1. The van der Waals surface area contributed by atoms with Crippen LogP contribution >= 0.6 is 7.26 Å². The summed E-state index contributed by atoms with van der Waals surface area (Å²) in [5.74, 6) is 2.73. The Kier molecular flexibility index (Phi) is 8.94. The molecule has 6 heteroatoms. The van der Waals surface area contributed by atoms with Crippen LogP contribution in [0.4, 0.5) is 0 Å². The van der Waals surface area contributed by atoms with E-state index < -0.39 is 12.9 Å². The van der Waals surface area contributed by atoms with E-state index in [1.165, 1.54) is 22.0 Å². The van der Waals surface area contributed by atoms with Crippen LogP contribution in [-0.2, 0) is 11.2 Å². The highest BCUT2D eigenvalue weighted by Crippen LogP contribution is 2.55. The van der Waals surface area contributed by atoms with Gasteiger partial charge in [-0.3, -0.25) is 4.79 Å². The molecule has 4 aromatic carbocycles. The summed E-state index contributed by atoms with van der Waals surface area (Å²) in [4.78, 5) is 24.4. The van der Waals surface area contributed by atoms with Gasteiger partial charge in [0.2, 0.25) is 5.91 Å². The topological polar surface area (TPSA) is 68.5 Å². The zero-order chi connectivity index (χ0) is 28.5. The summed E-state index contributed by atoms with van der Waals surface area (Å²) in [5.41, 5.74) is 0.451. The third-order valence-corrected chi connectivity index (χ3v) is 11.6. The van der Waals surface area contributed by atoms with Crippen molar-refractivity contribution in [3.05, 3.63) is 131 Å². The Balaban J connectivity index is 1.37. The maximum atomic E-state index is 12.2. The maximum Gasteiger partial charge on any atom is 0.336 e. The molecule has 0 aliphatic heterocycles. The molecule has 0 radical (unpaired) electrons. The van der Waals surface area contributed by atoms with E-state index in [0.29, 0.717) is 28.9 Å². The standard InChI is InChI=1S/C35H30NO4P/c1-2-21-36-34(37)24-27-25-35(38)40-33-26-28(19-20-32(27)33)39-22-12-23-41(29-13-6-3-7-14-29,30-15-8-4-9-16-30)31-17-10-5-11-18-31/h1,3-11,13-20,25-26H,12,21-24H2/p+1. The van der Waals surface area contributed by atoms with Crippen molar-refractivity contribution in [2.24, 2.45) is 0 Å². The lowest BCUT2D eigenvalue weighted by Crippen LogP contribution is -2.33. The monoisotopic (exact) mass is 560 g/mol. The van der Waals surface area contributed by atoms with Gasteiger partial charge in [-0.1, -0.05) is 60.5 Å². The first-order valence-corrected chi connectivity index (χ1v) is 15.5. The van der Waals surface area contributed by atoms with Gasteiger partial charge in [0.15, 0.2) is 0 Å². The van der Waals surface area contributed by atoms with Gasteiger partial charge in [0.1, 0.15) is 34.5 Å². The van der Waals surface area contributed by atoms with Crippen LogP contribution in [0.25, 0.3) is 11.0 Å². The minimum Gasteiger partial charge on any atom is -0.493 e. The fourth-order valence-electron chi connectivity index (χ4n) is 5.21. The minimum atomic E-state index is -1.94. The van der Waals surface area contributed by atoms with E-state index in [1.54, 1.807) is 6.07 Å². The third kappa shape index (κ3) is 6.40. The molecule has 5 rings (SSSR count). The van der Waals surface area contributed by atoms with Crippen molar-refractivity contribution >= 4 is 40.1 Å². The number of amides is 1. The van der Waals surface area contributed by atoms with Gasteiger partial charge in [-0.05, 0) is 54.1 Å². The summed E-state index contributed by atoms with van der Waals surface area (Å²) >= 11 is 0. The first kappa shape index (κ1) is 27.9. The summed E-state index contributed by atoms with van der Waals surface area (Å²) in [6, 6.07) is 39.0. The molecule has 5 aromatic rings. The van der Waals surface area contributed by atoms with Gasteiger partial charge in [0.25, 0.3) is 0 Å². The second-order valence-corrected chi connectivity index (χ2v) is 13.3. The number of hydrogen-bond acceptors (Lipinski definition) is 4. The van der Waals surface area contributed by atoms with Crippen LogP contribution in [0.5, 0.6) is 5.75 Å². The number of terminal acetylenes is 1. The molecule has 1 amide bonds. The second-order valence-electron chi connectivity index (χ2n) is 9.65. The van der Waals surface area contributed by atoms with Crippen LogP contribution in [0.1, 0.15) is 12.0 Å². The van der Waals surface area contributed by atoms with E-state index in [0.717, 1.165) is 12.6 Å². The molecule has 0 atom stereocenters. The van der Waals surface area contributed by atoms with Crippen molar-refractivity contribution in [2.75, 3.05) is 19.3 Å². The van der Waals surface area contributed by atoms with E-state index in [1.807, 2.05) is 12.1 Å². The largest absolute Gasteiger partial charge is 0.493 e. The van der Waals surface area contributed by atoms with E-state index in [2.05, 4.69) is 102 Å². The average Bonchev–Trinajstić information content (AvgIpc) is 3.01. The Labute approximate surface area is 240 Å². The lowest BCUT2D eigenvalue weighted by molar-refractivity contribution is -0.120. The molecular formula is C35H31NO4P+. The molecule has 41 heavy (non-hydrogen) atoms. The molecule has 1 N–H and O–H groups in total. The summed E-state index contributed by atoms with van der Waals surface area (Å²) in [5, 5.41) is 7.33. The van der Waals surface area contributed by atoms with E-state index >= 15 is 0 Å². The van der Waals surface area contributed by atoms with Gasteiger partial charge in [-0.25, -0.2) is 4.79 Å². The van der Waals surface area contributed by atoms with Gasteiger partial charge in [0.05, 0.1) is 25.7 Å². The van der Waals surface area contributed by atoms with Crippen molar-refractivity contribution in [2.45, 2.75) is 12.8 Å². The number of rotatable bonds is 11. The van der Waals surface area contributed by atoms with Crippen molar-refractivity contribution in [3.8, 4) is 18.1 Å². The Hall–Kier alpha value is -4.65. The van der Waals surface area contributed by atoms with Crippen LogP contribution in [0.15, 0.2) is 124 Å². The molecule has 1 heterocycles. The zero-order valence-electron chi connectivity index (χ0n) is 22.7. The smallest absolute Gasteiger partial charge is 0.336 e. The minimum absolute atomic E-state index is 0.0359. The molecule has 0 bridgehead atoms. The quantitative estimate of drug-likeness (QED) is 0.109. The molecular weight excluding hydrogens is 529 g/mol. The normalized spacial score (nSPS) is 11.1. The Morgan fingerprint density at radius 3 is 1.98 bits per heavy atom. The van der Waals surface area contributed by atoms with Gasteiger partial charge in [0, 0.05) is 23.9 Å². The maximum absolute atomic E-state index is 12.2. The van der Waals surface area contributed by atoms with E-state index in [9.17, 15) is 9.59 Å². The Morgan fingerprint density at radius 2 is 1.41 bits per heavy atom. The second kappa shape index (κ2) is 13.1. The molecule has 1 aromatic heterocycles. The summed E-state index contributed by atoms with van der Waals surface area (Å²) in [7, 11) is -1.94. The predicted octanol–water partition coefficient (Wildman–Crippen LogP) is 4.85. The highest BCUT2D eigenvalue weighted by atomic mass is 31.2. The van der Waals surface area contributed by atoms with Crippen molar-refractivity contribution in [1.29, 1.82) is 0 Å². The first-order valence-electron chi connectivity index (χ1n) is 13.5. The Bertz CT molecular complexity index is 1610. The highest BCUT2D eigenvalue weighted by Gasteiger charge is 2.44. The van der Waals surface area contributed by atoms with Crippen LogP contribution in [-0.4, -0.2) is 25.2 Å². The highest BCUT2D eigenvalue weighted by molar-refractivity contribution is 7.95. The molecule has 5 nitrogen and oxygen atoms in total. The van der Waals surface area contributed by atoms with Crippen LogP contribution in [0, 0.1) is 12.3 Å². The summed E-state index contributed by atoms with van der Waals surface area (Å²) in [6.07, 6.45) is 7.02. The summed E-state index contributed by atoms with van der Waals surface area (Å²) < 4.78 is 11.6. The number of carbonyl (C=O) groups excluding carboxylic acids is 1. The SMILES string of the molecule is C#CCNC(=O)Cc1cc(=O)oc2cc(OCCC[P+](c3ccccc3)(c3ccccc3)c3ccccc3)ccc12. The lowest BCUT2D eigenvalue weighted by Gasteiger charge is -2.27. The predicted molar refractivity (Wildman–Crippen MR) is 168 cm³/mol. The number of carbonyl (C=O) groups is 1. The number of benzene rings is 4. The van der Waals surface area contributed by atoms with Crippen LogP contribution in [0.2, 0.25) is 0 Å². The van der Waals surface area contributed by atoms with Gasteiger partial charge < -0.3 is 14.5 Å². The fourth-order valence-corrected chi connectivity index (χ4v) is 9.52. The van der Waals surface area contributed by atoms with Crippen LogP contribution in [0.3, 0.4) is 0 Å². The molecule has 0 aliphatic carbocycles. The molecule has 0 aliphatic rings. The van der Waals surface area contributed by atoms with Gasteiger partial charge in [-0.15, -0.1) is 6.42 Å². The van der Waals surface area contributed by atoms with Crippen molar-refractivity contribution < 1.29 is 13.9 Å². The van der Waals surface area contributed by atoms with Crippen molar-refractivity contribution in [3.63, 3.8) is 0 Å². The number of nitrogens with one attached hydrogen (secondary N) is 1. The molecule has 0 saturated heterocycles. The Morgan fingerprint density at radius 1 is 0.829 bits per heavy atom. The summed E-state index contributed by atoms with van der Waals surface area (Å²) in [6.45, 7) is 0.636. The van der Waals surface area contributed by atoms with Gasteiger partial charge >= 0.3 is 5.63 Å². The van der Waals surface area contributed by atoms with Crippen molar-refractivity contribution in [1.82, 2.24) is 5.32 Å². The third-order valence-electron chi connectivity index (χ3n) is 7.04. The fraction of sp³-hybridized carbons (Fsp3) is 0.143. The number of hydrogen-bond donors (Lipinski definition) is 1. The molecule has 0 spiro atoms. The van der Waals surface area contributed by atoms with Crippen LogP contribution < -0.4 is 31.6 Å². The number of ether oxygens (including phenoxy) is 1. The van der Waals surface area contributed by atoms with E-state index in [-0.39, 0.29) is 18.9 Å². The molecule has 0 unspecified atom stereocenters. The van der Waals surface area contributed by atoms with Gasteiger partial charge in [-0.2, -0.15) is 0 Å². The average molecular weight is 561 g/mol. The molecule has 204 valence electrons. The molecule has 0 saturated carbocycles. The first-order chi connectivity index (χ1) is 20.1. The lowest BCUT2D eigenvalue weighted by atomic mass is 10.1. The zero-order valence-corrected chi connectivity index (χ0v) is 23.6. The molecule has 0 fully saturated rings.